The molecule has 4 aliphatic rings. The molecule has 0 amide bonds. The molecule has 0 radical (unpaired) electrons. The van der Waals surface area contributed by atoms with E-state index in [9.17, 15) is 4.79 Å². The minimum absolute atomic E-state index is 0.168. The fourth-order valence-electron chi connectivity index (χ4n) is 5.14. The zero-order valence-corrected chi connectivity index (χ0v) is 16.2. The monoisotopic (exact) mass is 363 g/mol. The lowest BCUT2D eigenvalue weighted by Crippen LogP contribution is -2.52. The van der Waals surface area contributed by atoms with Crippen LogP contribution in [0.25, 0.3) is 0 Å². The molecular formula is C17H29ClO4P+. The van der Waals surface area contributed by atoms with Gasteiger partial charge in [-0.1, -0.05) is 0 Å². The maximum absolute atomic E-state index is 12.3. The Kier molecular flexibility index (Phi) is 5.13. The van der Waals surface area contributed by atoms with E-state index in [1.807, 2.05) is 27.7 Å². The van der Waals surface area contributed by atoms with Crippen LogP contribution in [0.1, 0.15) is 66.2 Å². The first-order valence-electron chi connectivity index (χ1n) is 8.88. The fourth-order valence-corrected chi connectivity index (χ4v) is 7.70. The molecule has 0 aliphatic heterocycles. The predicted octanol–water partition coefficient (Wildman–Crippen LogP) is 5.94. The quantitative estimate of drug-likeness (QED) is 0.414. The number of hydrogen-bond donors (Lipinski definition) is 0. The Morgan fingerprint density at radius 2 is 1.35 bits per heavy atom. The number of carbonyl (C=O) groups is 1. The summed E-state index contributed by atoms with van der Waals surface area (Å²) in [5.74, 6) is 2.19. The van der Waals surface area contributed by atoms with Crippen LogP contribution >= 0.6 is 19.5 Å². The average Bonchev–Trinajstić information content (AvgIpc) is 2.33. The smallest absolute Gasteiger partial charge is 0.223 e. The molecule has 4 nitrogen and oxygen atoms in total. The Morgan fingerprint density at radius 3 is 1.65 bits per heavy atom. The minimum Gasteiger partial charge on any atom is -0.223 e. The normalized spacial score (nSPS) is 36.2. The fraction of sp³-hybridized carbons (Fsp3) is 0.941. The van der Waals surface area contributed by atoms with E-state index in [2.05, 4.69) is 0 Å². The lowest BCUT2D eigenvalue weighted by atomic mass is 9.54. The van der Waals surface area contributed by atoms with Gasteiger partial charge in [-0.05, 0) is 84.0 Å². The summed E-state index contributed by atoms with van der Waals surface area (Å²) in [6.07, 6.45) is 6.68. The van der Waals surface area contributed by atoms with Gasteiger partial charge in [-0.2, -0.15) is 13.6 Å². The Hall–Kier alpha value is 0.270. The molecular weight excluding hydrogens is 335 g/mol. The molecule has 23 heavy (non-hydrogen) atoms. The van der Waals surface area contributed by atoms with Crippen molar-refractivity contribution < 1.29 is 18.4 Å². The van der Waals surface area contributed by atoms with Crippen molar-refractivity contribution in [2.75, 3.05) is 0 Å². The summed E-state index contributed by atoms with van der Waals surface area (Å²) in [7, 11) is -3.20. The van der Waals surface area contributed by atoms with Crippen molar-refractivity contribution in [3.8, 4) is 0 Å². The molecule has 0 unspecified atom stereocenters. The summed E-state index contributed by atoms with van der Waals surface area (Å²) in [6.45, 7) is 7.56. The van der Waals surface area contributed by atoms with Crippen molar-refractivity contribution in [2.24, 2.45) is 17.8 Å². The number of hydrogen-bond acceptors (Lipinski definition) is 4. The van der Waals surface area contributed by atoms with Crippen LogP contribution in [0.3, 0.4) is 0 Å². The zero-order valence-electron chi connectivity index (χ0n) is 14.6. The van der Waals surface area contributed by atoms with Gasteiger partial charge in [0.05, 0.1) is 0 Å². The van der Waals surface area contributed by atoms with Gasteiger partial charge < -0.3 is 0 Å². The Labute approximate surface area is 145 Å². The van der Waals surface area contributed by atoms with Crippen LogP contribution in [0.4, 0.5) is 4.79 Å². The average molecular weight is 364 g/mol. The predicted molar refractivity (Wildman–Crippen MR) is 92.6 cm³/mol. The van der Waals surface area contributed by atoms with Crippen molar-refractivity contribution in [1.29, 1.82) is 0 Å². The summed E-state index contributed by atoms with van der Waals surface area (Å²) in [5.41, 5.74) is -0.267. The SMILES string of the molecule is CC(C)O[P+](OC(C)C)(OC12CC3CC(CC(C3)C1)C2)C(=O)Cl. The summed E-state index contributed by atoms with van der Waals surface area (Å²) in [4.78, 5) is 11.7. The molecule has 0 aromatic rings. The van der Waals surface area contributed by atoms with Gasteiger partial charge >= 0.3 is 12.9 Å². The van der Waals surface area contributed by atoms with Gasteiger partial charge in [0.15, 0.2) is 0 Å². The molecule has 0 heterocycles. The van der Waals surface area contributed by atoms with Crippen molar-refractivity contribution in [3.05, 3.63) is 0 Å². The molecule has 6 heteroatoms. The lowest BCUT2D eigenvalue weighted by Gasteiger charge is -2.55. The third kappa shape index (κ3) is 3.77. The molecule has 0 spiro atoms. The molecule has 132 valence electrons. The standard InChI is InChI=1S/C17H29ClO4P/c1-11(2)20-23(16(18)19,21-12(3)4)22-17-8-13-5-14(9-17)7-15(6-13)10-17/h11-15H,5-10H2,1-4H3/q+1. The minimum atomic E-state index is -3.20. The van der Waals surface area contributed by atoms with Crippen LogP contribution in [0.5, 0.6) is 0 Å². The summed E-state index contributed by atoms with van der Waals surface area (Å²) in [6, 6.07) is 0. The van der Waals surface area contributed by atoms with Crippen molar-refractivity contribution in [2.45, 2.75) is 84.0 Å². The van der Waals surface area contributed by atoms with Crippen LogP contribution in [-0.4, -0.2) is 22.8 Å². The van der Waals surface area contributed by atoms with E-state index in [0.29, 0.717) is 0 Å². The zero-order chi connectivity index (χ0) is 16.8. The first kappa shape index (κ1) is 18.1. The van der Waals surface area contributed by atoms with E-state index in [1.165, 1.54) is 19.3 Å². The van der Waals surface area contributed by atoms with Gasteiger partial charge in [-0.15, -0.1) is 0 Å². The van der Waals surface area contributed by atoms with Gasteiger partial charge in [0.25, 0.3) is 0 Å². The number of carbonyl (C=O) groups excluding carboxylic acids is 1. The van der Waals surface area contributed by atoms with Gasteiger partial charge in [0, 0.05) is 11.6 Å². The summed E-state index contributed by atoms with van der Waals surface area (Å²) in [5, 5.41) is 0. The summed E-state index contributed by atoms with van der Waals surface area (Å²) < 4.78 is 18.4. The van der Waals surface area contributed by atoms with Crippen LogP contribution in [0, 0.1) is 17.8 Å². The second-order valence-electron chi connectivity index (χ2n) is 8.25. The first-order chi connectivity index (χ1) is 10.7. The maximum Gasteiger partial charge on any atom is 0.505 e. The lowest BCUT2D eigenvalue weighted by molar-refractivity contribution is -0.120. The number of rotatable bonds is 7. The topological polar surface area (TPSA) is 44.8 Å². The number of halogens is 1. The van der Waals surface area contributed by atoms with Crippen LogP contribution in [-0.2, 0) is 13.6 Å². The molecule has 4 fully saturated rings. The second-order valence-corrected chi connectivity index (χ2v) is 10.9. The van der Waals surface area contributed by atoms with Crippen molar-refractivity contribution in [1.82, 2.24) is 0 Å². The highest BCUT2D eigenvalue weighted by atomic mass is 35.5. The van der Waals surface area contributed by atoms with Gasteiger partial charge in [-0.3, -0.25) is 0 Å². The highest BCUT2D eigenvalue weighted by molar-refractivity contribution is 7.83. The third-order valence-corrected chi connectivity index (χ3v) is 8.29. The molecule has 0 saturated heterocycles. The van der Waals surface area contributed by atoms with E-state index in [1.54, 1.807) is 0 Å². The van der Waals surface area contributed by atoms with Gasteiger partial charge in [-0.25, -0.2) is 4.79 Å². The van der Waals surface area contributed by atoms with Gasteiger partial charge in [0.2, 0.25) is 0 Å². The molecule has 0 aromatic carbocycles. The molecule has 4 bridgehead atoms. The molecule has 0 aromatic heterocycles. The second kappa shape index (κ2) is 6.53. The molecule has 4 aliphatic carbocycles. The highest BCUT2D eigenvalue weighted by Gasteiger charge is 2.65. The van der Waals surface area contributed by atoms with Crippen LogP contribution in [0.15, 0.2) is 0 Å². The first-order valence-corrected chi connectivity index (χ1v) is 10.8. The van der Waals surface area contributed by atoms with E-state index in [4.69, 9.17) is 25.2 Å². The highest BCUT2D eigenvalue weighted by Crippen LogP contribution is 2.72. The van der Waals surface area contributed by atoms with E-state index >= 15 is 0 Å². The Balaban J connectivity index is 1.86. The largest absolute Gasteiger partial charge is 0.505 e. The van der Waals surface area contributed by atoms with Gasteiger partial charge in [0.1, 0.15) is 17.8 Å². The van der Waals surface area contributed by atoms with Crippen LogP contribution in [0.2, 0.25) is 0 Å². The van der Waals surface area contributed by atoms with E-state index in [-0.39, 0.29) is 17.8 Å². The maximum atomic E-state index is 12.3. The van der Waals surface area contributed by atoms with E-state index in [0.717, 1.165) is 37.0 Å². The molecule has 4 saturated carbocycles. The molecule has 0 atom stereocenters. The van der Waals surface area contributed by atoms with E-state index < -0.39 is 12.9 Å². The van der Waals surface area contributed by atoms with Crippen molar-refractivity contribution in [3.63, 3.8) is 0 Å². The molecule has 0 N–H and O–H groups in total. The Bertz CT molecular complexity index is 420. The third-order valence-electron chi connectivity index (χ3n) is 5.21. The Morgan fingerprint density at radius 1 is 0.957 bits per heavy atom. The molecule has 4 rings (SSSR count). The summed E-state index contributed by atoms with van der Waals surface area (Å²) >= 11 is 5.96. The van der Waals surface area contributed by atoms with Crippen molar-refractivity contribution >= 4 is 24.5 Å². The van der Waals surface area contributed by atoms with Crippen LogP contribution < -0.4 is 0 Å².